The van der Waals surface area contributed by atoms with Gasteiger partial charge in [0.2, 0.25) is 11.8 Å². The van der Waals surface area contributed by atoms with Gasteiger partial charge in [-0.2, -0.15) is 0 Å². The van der Waals surface area contributed by atoms with Crippen molar-refractivity contribution >= 4 is 27.6 Å². The highest BCUT2D eigenvalue weighted by Crippen LogP contribution is 2.31. The van der Waals surface area contributed by atoms with Crippen LogP contribution in [0.5, 0.6) is 11.1 Å². The summed E-state index contributed by atoms with van der Waals surface area (Å²) in [5.41, 5.74) is 0.651. The summed E-state index contributed by atoms with van der Waals surface area (Å²) >= 11 is 1.28. The number of pyridine rings is 1. The Kier molecular flexibility index (Phi) is 7.54. The fourth-order valence-electron chi connectivity index (χ4n) is 3.19. The molecule has 0 bridgehead atoms. The third-order valence-corrected chi connectivity index (χ3v) is 5.34. The molecule has 0 spiro atoms. The number of hydrogen-bond acceptors (Lipinski definition) is 7. The van der Waals surface area contributed by atoms with Crippen molar-refractivity contribution in [3.8, 4) is 11.1 Å². The molecule has 3 rings (SSSR count). The minimum absolute atomic E-state index is 0.00807. The molecule has 2 aromatic heterocycles. The lowest BCUT2D eigenvalue weighted by Crippen LogP contribution is -2.36. The van der Waals surface area contributed by atoms with Crippen LogP contribution in [0.25, 0.3) is 10.3 Å². The summed E-state index contributed by atoms with van der Waals surface area (Å²) in [6.07, 6.45) is 1.14. The van der Waals surface area contributed by atoms with E-state index in [1.54, 1.807) is 6.07 Å². The number of amides is 1. The van der Waals surface area contributed by atoms with Crippen LogP contribution in [0.1, 0.15) is 39.5 Å². The lowest BCUT2D eigenvalue weighted by atomic mass is 9.95. The molecule has 1 N–H and O–H groups in total. The summed E-state index contributed by atoms with van der Waals surface area (Å²) in [5, 5.41) is 3.32. The van der Waals surface area contributed by atoms with Crippen LogP contribution in [0, 0.1) is 0 Å². The number of nitrogens with one attached hydrogen (secondary N) is 1. The van der Waals surface area contributed by atoms with E-state index in [1.807, 2.05) is 6.92 Å². The molecule has 7 nitrogen and oxygen atoms in total. The largest absolute Gasteiger partial charge is 0.472 e. The molecule has 0 radical (unpaired) electrons. The van der Waals surface area contributed by atoms with Crippen molar-refractivity contribution in [2.45, 2.75) is 64.2 Å². The molecule has 2 heterocycles. The predicted octanol–water partition coefficient (Wildman–Crippen LogP) is 3.57. The van der Waals surface area contributed by atoms with Gasteiger partial charge in [0, 0.05) is 19.0 Å². The fourth-order valence-corrected chi connectivity index (χ4v) is 4.04. The number of thiazole rings is 1. The van der Waals surface area contributed by atoms with E-state index in [2.05, 4.69) is 15.3 Å². The van der Waals surface area contributed by atoms with Crippen LogP contribution >= 0.6 is 11.3 Å². The molecule has 1 amide bonds. The normalized spacial score (nSPS) is 20.6. The maximum absolute atomic E-state index is 12.3. The Balaban J connectivity index is 1.46. The van der Waals surface area contributed by atoms with Gasteiger partial charge in [-0.3, -0.25) is 4.79 Å². The molecule has 2 aromatic rings. The number of carbonyl (C=O) groups excluding carboxylic acids is 1. The number of rotatable bonds is 9. The predicted molar refractivity (Wildman–Crippen MR) is 105 cm³/mol. The van der Waals surface area contributed by atoms with Crippen molar-refractivity contribution in [2.75, 3.05) is 13.2 Å². The minimum Gasteiger partial charge on any atom is -0.472 e. The summed E-state index contributed by atoms with van der Waals surface area (Å²) in [6.45, 7) is 3.22. The summed E-state index contributed by atoms with van der Waals surface area (Å²) in [6, 6.07) is 3.21. The Morgan fingerprint density at radius 3 is 2.62 bits per heavy atom. The van der Waals surface area contributed by atoms with E-state index in [-0.39, 0.29) is 30.0 Å². The van der Waals surface area contributed by atoms with Crippen LogP contribution < -0.4 is 14.8 Å². The standard InChI is InChI=1S/C19H25F2N3O4S/c1-11(22-12(2)25)9-26-13-3-5-14(6-4-13)28-19-23-15-7-8-17(24-18(15)29-19)27-10-16(20)21/h7-8,11,13-14,16H,3-6,9-10H2,1-2H3,(H,22,25)/t11-,13-,14-/m0/s1. The zero-order chi connectivity index (χ0) is 20.8. The SMILES string of the molecule is CC(=O)N[C@@H](C)CO[C@H]1CC[C@H](Oc2nc3ccc(OCC(F)F)nc3s2)CC1. The fraction of sp³-hybridized carbons (Fsp3) is 0.632. The maximum Gasteiger partial charge on any atom is 0.276 e. The van der Waals surface area contributed by atoms with Crippen molar-refractivity contribution in [2.24, 2.45) is 0 Å². The highest BCUT2D eigenvalue weighted by atomic mass is 32.1. The first-order valence-electron chi connectivity index (χ1n) is 9.63. The average molecular weight is 429 g/mol. The summed E-state index contributed by atoms with van der Waals surface area (Å²) in [5.74, 6) is 0.0929. The quantitative estimate of drug-likeness (QED) is 0.656. The van der Waals surface area contributed by atoms with Gasteiger partial charge in [0.1, 0.15) is 11.6 Å². The zero-order valence-corrected chi connectivity index (χ0v) is 17.2. The van der Waals surface area contributed by atoms with Crippen LogP contribution in [0.2, 0.25) is 0 Å². The van der Waals surface area contributed by atoms with Crippen LogP contribution in [0.3, 0.4) is 0 Å². The lowest BCUT2D eigenvalue weighted by molar-refractivity contribution is -0.120. The number of alkyl halides is 2. The van der Waals surface area contributed by atoms with E-state index in [0.29, 0.717) is 22.1 Å². The second kappa shape index (κ2) is 10.1. The molecule has 1 fully saturated rings. The number of ether oxygens (including phenoxy) is 3. The Labute approximate surface area is 171 Å². The molecule has 1 atom stereocenters. The van der Waals surface area contributed by atoms with E-state index >= 15 is 0 Å². The maximum atomic E-state index is 12.3. The molecule has 1 aliphatic carbocycles. The summed E-state index contributed by atoms with van der Waals surface area (Å²) in [4.78, 5) is 20.2. The Hall–Kier alpha value is -2.07. The van der Waals surface area contributed by atoms with Crippen LogP contribution in [-0.4, -0.2) is 53.8 Å². The number of carbonyl (C=O) groups is 1. The van der Waals surface area contributed by atoms with Gasteiger partial charge in [-0.05, 0) is 38.7 Å². The van der Waals surface area contributed by atoms with Gasteiger partial charge in [-0.15, -0.1) is 0 Å². The first-order chi connectivity index (χ1) is 13.9. The second-order valence-corrected chi connectivity index (χ2v) is 8.05. The first-order valence-corrected chi connectivity index (χ1v) is 10.4. The van der Waals surface area contributed by atoms with Crippen LogP contribution in [0.4, 0.5) is 8.78 Å². The number of nitrogens with zero attached hydrogens (tertiary/aromatic N) is 2. The first kappa shape index (κ1) is 21.6. The summed E-state index contributed by atoms with van der Waals surface area (Å²) in [7, 11) is 0. The molecule has 0 unspecified atom stereocenters. The molecule has 0 saturated heterocycles. The number of aromatic nitrogens is 2. The average Bonchev–Trinajstić information content (AvgIpc) is 3.06. The molecule has 29 heavy (non-hydrogen) atoms. The molecular weight excluding hydrogens is 404 g/mol. The molecule has 0 aromatic carbocycles. The lowest BCUT2D eigenvalue weighted by Gasteiger charge is -2.29. The number of fused-ring (bicyclic) bond motifs is 1. The van der Waals surface area contributed by atoms with Gasteiger partial charge in [-0.25, -0.2) is 18.7 Å². The highest BCUT2D eigenvalue weighted by molar-refractivity contribution is 7.19. The number of hydrogen-bond donors (Lipinski definition) is 1. The molecule has 0 aliphatic heterocycles. The van der Waals surface area contributed by atoms with E-state index in [4.69, 9.17) is 14.2 Å². The van der Waals surface area contributed by atoms with Gasteiger partial charge in [0.05, 0.1) is 12.7 Å². The molecular formula is C19H25F2N3O4S. The highest BCUT2D eigenvalue weighted by Gasteiger charge is 2.24. The van der Waals surface area contributed by atoms with Gasteiger partial charge in [-0.1, -0.05) is 11.3 Å². The van der Waals surface area contributed by atoms with Crippen molar-refractivity contribution in [3.05, 3.63) is 12.1 Å². The molecule has 160 valence electrons. The molecule has 1 saturated carbocycles. The number of halogens is 2. The Morgan fingerprint density at radius 1 is 1.21 bits per heavy atom. The van der Waals surface area contributed by atoms with Crippen molar-refractivity contribution < 1.29 is 27.8 Å². The van der Waals surface area contributed by atoms with E-state index in [1.165, 1.54) is 24.3 Å². The second-order valence-electron chi connectivity index (χ2n) is 7.11. The molecule has 1 aliphatic rings. The Morgan fingerprint density at radius 2 is 1.93 bits per heavy atom. The third kappa shape index (κ3) is 6.74. The van der Waals surface area contributed by atoms with E-state index < -0.39 is 13.0 Å². The topological polar surface area (TPSA) is 82.6 Å². The summed E-state index contributed by atoms with van der Waals surface area (Å²) < 4.78 is 41.3. The molecule has 10 heteroatoms. The van der Waals surface area contributed by atoms with Crippen molar-refractivity contribution in [1.82, 2.24) is 15.3 Å². The Bertz CT molecular complexity index is 812. The van der Waals surface area contributed by atoms with Crippen molar-refractivity contribution in [1.29, 1.82) is 0 Å². The smallest absolute Gasteiger partial charge is 0.276 e. The third-order valence-electron chi connectivity index (χ3n) is 4.49. The van der Waals surface area contributed by atoms with Gasteiger partial charge in [0.15, 0.2) is 11.4 Å². The van der Waals surface area contributed by atoms with Gasteiger partial charge < -0.3 is 19.5 Å². The van der Waals surface area contributed by atoms with Crippen LogP contribution in [-0.2, 0) is 9.53 Å². The van der Waals surface area contributed by atoms with Gasteiger partial charge >= 0.3 is 0 Å². The van der Waals surface area contributed by atoms with Crippen LogP contribution in [0.15, 0.2) is 12.1 Å². The monoisotopic (exact) mass is 429 g/mol. The zero-order valence-electron chi connectivity index (χ0n) is 16.4. The van der Waals surface area contributed by atoms with E-state index in [0.717, 1.165) is 25.7 Å². The minimum atomic E-state index is -2.54. The van der Waals surface area contributed by atoms with Crippen molar-refractivity contribution in [3.63, 3.8) is 0 Å². The van der Waals surface area contributed by atoms with E-state index in [9.17, 15) is 13.6 Å². The van der Waals surface area contributed by atoms with Gasteiger partial charge in [0.25, 0.3) is 11.6 Å².